The molecule has 0 amide bonds. The van der Waals surface area contributed by atoms with Crippen LogP contribution in [-0.4, -0.2) is 25.1 Å². The van der Waals surface area contributed by atoms with Gasteiger partial charge in [0.2, 0.25) is 5.96 Å². The molecule has 0 aliphatic heterocycles. The molecule has 15 heavy (non-hydrogen) atoms. The second kappa shape index (κ2) is 4.79. The van der Waals surface area contributed by atoms with Crippen LogP contribution in [0.5, 0.6) is 0 Å². The van der Waals surface area contributed by atoms with Gasteiger partial charge in [-0.05, 0) is 25.0 Å². The van der Waals surface area contributed by atoms with Gasteiger partial charge in [-0.15, -0.1) is 0 Å². The molecule has 4 nitrogen and oxygen atoms in total. The molecule has 0 saturated heterocycles. The van der Waals surface area contributed by atoms with Gasteiger partial charge in [0, 0.05) is 14.1 Å². The van der Waals surface area contributed by atoms with Gasteiger partial charge in [-0.1, -0.05) is 18.2 Å². The minimum absolute atomic E-state index is 0.400. The Bertz CT molecular complexity index is 349. The molecule has 0 aliphatic rings. The number of para-hydroxylation sites is 1. The molecule has 0 unspecified atom stereocenters. The summed E-state index contributed by atoms with van der Waals surface area (Å²) in [5.74, 6) is 0.400. The largest absolute Gasteiger partial charge is 0.369 e. The van der Waals surface area contributed by atoms with Crippen molar-refractivity contribution in [3.63, 3.8) is 0 Å². The van der Waals surface area contributed by atoms with Crippen LogP contribution in [0.2, 0.25) is 0 Å². The number of hydrazine groups is 1. The summed E-state index contributed by atoms with van der Waals surface area (Å²) in [5.41, 5.74) is 11.8. The fraction of sp³-hybridized carbons (Fsp3) is 0.364. The molecule has 82 valence electrons. The van der Waals surface area contributed by atoms with E-state index in [9.17, 15) is 0 Å². The van der Waals surface area contributed by atoms with E-state index in [-0.39, 0.29) is 0 Å². The van der Waals surface area contributed by atoms with Gasteiger partial charge in [0.05, 0.1) is 5.69 Å². The van der Waals surface area contributed by atoms with Crippen molar-refractivity contribution >= 4 is 11.6 Å². The fourth-order valence-electron chi connectivity index (χ4n) is 1.36. The zero-order chi connectivity index (χ0) is 11.4. The monoisotopic (exact) mass is 206 g/mol. The molecule has 0 radical (unpaired) electrons. The van der Waals surface area contributed by atoms with Gasteiger partial charge in [-0.25, -0.2) is 10.0 Å². The summed E-state index contributed by atoms with van der Waals surface area (Å²) in [6.07, 6.45) is 0. The molecule has 1 aromatic rings. The van der Waals surface area contributed by atoms with Crippen LogP contribution in [0.3, 0.4) is 0 Å². The van der Waals surface area contributed by atoms with Gasteiger partial charge in [0.15, 0.2) is 0 Å². The van der Waals surface area contributed by atoms with Crippen molar-refractivity contribution in [1.29, 1.82) is 0 Å². The molecule has 0 bridgehead atoms. The molecule has 0 fully saturated rings. The summed E-state index contributed by atoms with van der Waals surface area (Å²) in [4.78, 5) is 4.34. The lowest BCUT2D eigenvalue weighted by molar-refractivity contribution is 0.360. The molecule has 0 aliphatic carbocycles. The Balaban J connectivity index is 2.97. The zero-order valence-corrected chi connectivity index (χ0v) is 9.70. The van der Waals surface area contributed by atoms with Gasteiger partial charge < -0.3 is 5.73 Å². The average molecular weight is 206 g/mol. The molecule has 0 saturated carbocycles. The van der Waals surface area contributed by atoms with E-state index in [0.29, 0.717) is 5.96 Å². The number of nitrogens with one attached hydrogen (secondary N) is 1. The fourth-order valence-corrected chi connectivity index (χ4v) is 1.36. The predicted molar refractivity (Wildman–Crippen MR) is 64.0 cm³/mol. The van der Waals surface area contributed by atoms with Crippen LogP contribution in [-0.2, 0) is 0 Å². The minimum atomic E-state index is 0.400. The molecular formula is C11H18N4. The maximum absolute atomic E-state index is 5.74. The molecule has 4 heteroatoms. The third-order valence-corrected chi connectivity index (χ3v) is 2.01. The first-order chi connectivity index (χ1) is 7.00. The molecule has 1 rings (SSSR count). The van der Waals surface area contributed by atoms with Crippen LogP contribution in [0, 0.1) is 13.8 Å². The van der Waals surface area contributed by atoms with Crippen LogP contribution >= 0.6 is 0 Å². The highest BCUT2D eigenvalue weighted by Crippen LogP contribution is 2.22. The normalized spacial score (nSPS) is 11.9. The number of aliphatic imine (C=N–C) groups is 1. The van der Waals surface area contributed by atoms with Gasteiger partial charge >= 0.3 is 0 Å². The summed E-state index contributed by atoms with van der Waals surface area (Å²) in [5, 5.41) is 1.76. The highest BCUT2D eigenvalue weighted by molar-refractivity contribution is 5.81. The van der Waals surface area contributed by atoms with E-state index in [1.54, 1.807) is 5.01 Å². The Morgan fingerprint density at radius 1 is 1.27 bits per heavy atom. The molecule has 3 N–H and O–H groups in total. The molecule has 0 heterocycles. The predicted octanol–water partition coefficient (Wildman–Crippen LogP) is 1.32. The smallest absolute Gasteiger partial charge is 0.208 e. The summed E-state index contributed by atoms with van der Waals surface area (Å²) >= 11 is 0. The van der Waals surface area contributed by atoms with Crippen molar-refractivity contribution < 1.29 is 0 Å². The van der Waals surface area contributed by atoms with Crippen molar-refractivity contribution in [1.82, 2.24) is 10.4 Å². The summed E-state index contributed by atoms with van der Waals surface area (Å²) < 4.78 is 0. The summed E-state index contributed by atoms with van der Waals surface area (Å²) in [6.45, 7) is 4.05. The minimum Gasteiger partial charge on any atom is -0.369 e. The van der Waals surface area contributed by atoms with Crippen LogP contribution in [0.25, 0.3) is 0 Å². The first-order valence-corrected chi connectivity index (χ1v) is 4.85. The first-order valence-electron chi connectivity index (χ1n) is 4.85. The van der Waals surface area contributed by atoms with Crippen molar-refractivity contribution in [2.24, 2.45) is 10.7 Å². The van der Waals surface area contributed by atoms with Crippen LogP contribution in [0.15, 0.2) is 23.2 Å². The zero-order valence-electron chi connectivity index (χ0n) is 9.70. The van der Waals surface area contributed by atoms with Crippen LogP contribution in [0.1, 0.15) is 11.1 Å². The summed E-state index contributed by atoms with van der Waals surface area (Å²) in [6, 6.07) is 6.06. The molecular weight excluding hydrogens is 188 g/mol. The Hall–Kier alpha value is -1.55. The average Bonchev–Trinajstić information content (AvgIpc) is 2.10. The third-order valence-electron chi connectivity index (χ3n) is 2.01. The van der Waals surface area contributed by atoms with Crippen LogP contribution < -0.4 is 11.2 Å². The van der Waals surface area contributed by atoms with E-state index in [4.69, 9.17) is 5.73 Å². The number of nitrogens with zero attached hydrogens (tertiary/aromatic N) is 2. The highest BCUT2D eigenvalue weighted by atomic mass is 15.5. The second-order valence-corrected chi connectivity index (χ2v) is 3.74. The first kappa shape index (κ1) is 11.5. The van der Waals surface area contributed by atoms with Crippen molar-refractivity contribution in [2.75, 3.05) is 14.1 Å². The van der Waals surface area contributed by atoms with E-state index in [2.05, 4.69) is 10.4 Å². The Morgan fingerprint density at radius 3 is 2.27 bits per heavy atom. The van der Waals surface area contributed by atoms with E-state index < -0.39 is 0 Å². The molecule has 0 atom stereocenters. The van der Waals surface area contributed by atoms with E-state index in [1.807, 2.05) is 46.1 Å². The summed E-state index contributed by atoms with van der Waals surface area (Å²) in [7, 11) is 3.74. The highest BCUT2D eigenvalue weighted by Gasteiger charge is 2.01. The van der Waals surface area contributed by atoms with Gasteiger partial charge in [-0.2, -0.15) is 0 Å². The Kier molecular flexibility index (Phi) is 3.68. The molecule has 0 spiro atoms. The number of hydrogen-bond acceptors (Lipinski definition) is 2. The number of rotatable bonds is 2. The molecule has 0 aromatic heterocycles. The van der Waals surface area contributed by atoms with E-state index in [1.165, 1.54) is 0 Å². The van der Waals surface area contributed by atoms with Crippen molar-refractivity contribution in [3.05, 3.63) is 29.3 Å². The van der Waals surface area contributed by atoms with E-state index in [0.717, 1.165) is 16.8 Å². The number of benzene rings is 1. The Labute approximate surface area is 90.8 Å². The number of hydrogen-bond donors (Lipinski definition) is 2. The third kappa shape index (κ3) is 3.25. The van der Waals surface area contributed by atoms with E-state index >= 15 is 0 Å². The van der Waals surface area contributed by atoms with Gasteiger partial charge in [-0.3, -0.25) is 5.43 Å². The Morgan fingerprint density at radius 2 is 1.80 bits per heavy atom. The lowest BCUT2D eigenvalue weighted by Crippen LogP contribution is -2.41. The van der Waals surface area contributed by atoms with Crippen molar-refractivity contribution in [2.45, 2.75) is 13.8 Å². The van der Waals surface area contributed by atoms with Gasteiger partial charge in [0.25, 0.3) is 0 Å². The topological polar surface area (TPSA) is 53.6 Å². The number of nitrogens with two attached hydrogens (primary N) is 1. The standard InChI is InChI=1S/C11H18N4/c1-8-6-5-7-9(2)10(8)13-11(12)14-15(3)4/h5-7H,1-4H3,(H3,12,13,14). The van der Waals surface area contributed by atoms with Crippen LogP contribution in [0.4, 0.5) is 5.69 Å². The maximum atomic E-state index is 5.74. The molecule has 1 aromatic carbocycles. The lowest BCUT2D eigenvalue weighted by atomic mass is 10.1. The SMILES string of the molecule is Cc1cccc(C)c1N=C(N)NN(C)C. The van der Waals surface area contributed by atoms with Crippen molar-refractivity contribution in [3.8, 4) is 0 Å². The number of guanidine groups is 1. The van der Waals surface area contributed by atoms with Gasteiger partial charge in [0.1, 0.15) is 0 Å². The quantitative estimate of drug-likeness (QED) is 0.436. The number of aryl methyl sites for hydroxylation is 2. The lowest BCUT2D eigenvalue weighted by Gasteiger charge is -2.13. The second-order valence-electron chi connectivity index (χ2n) is 3.74. The maximum Gasteiger partial charge on any atom is 0.208 e.